The molecule has 1 aliphatic heterocycles. The second-order valence-electron chi connectivity index (χ2n) is 9.50. The molecule has 3 heteroatoms. The van der Waals surface area contributed by atoms with Crippen LogP contribution in [-0.4, -0.2) is 13.7 Å². The summed E-state index contributed by atoms with van der Waals surface area (Å²) < 4.78 is 11.9. The predicted molar refractivity (Wildman–Crippen MR) is 127 cm³/mol. The molecule has 0 saturated heterocycles. The van der Waals surface area contributed by atoms with E-state index in [-0.39, 0.29) is 11.5 Å². The predicted octanol–water partition coefficient (Wildman–Crippen LogP) is 6.12. The first-order chi connectivity index (χ1) is 14.8. The van der Waals surface area contributed by atoms with Gasteiger partial charge < -0.3 is 14.8 Å². The van der Waals surface area contributed by atoms with Crippen molar-refractivity contribution in [2.75, 3.05) is 13.7 Å². The lowest BCUT2D eigenvalue weighted by molar-refractivity contribution is 0.283. The van der Waals surface area contributed by atoms with Crippen LogP contribution in [0.2, 0.25) is 0 Å². The van der Waals surface area contributed by atoms with Gasteiger partial charge in [-0.15, -0.1) is 0 Å². The summed E-state index contributed by atoms with van der Waals surface area (Å²) in [6.07, 6.45) is 0.985. The van der Waals surface area contributed by atoms with E-state index in [1.54, 1.807) is 7.11 Å². The average molecular weight is 416 g/mol. The molecule has 3 nitrogen and oxygen atoms in total. The highest BCUT2D eigenvalue weighted by Gasteiger charge is 2.26. The Labute approximate surface area is 186 Å². The molecule has 0 fully saturated rings. The molecule has 1 atom stereocenters. The monoisotopic (exact) mass is 415 g/mol. The Hall–Kier alpha value is -2.78. The largest absolute Gasteiger partial charge is 0.493 e. The maximum Gasteiger partial charge on any atom is 0.162 e. The van der Waals surface area contributed by atoms with Gasteiger partial charge in [0.15, 0.2) is 11.5 Å². The molecule has 0 aromatic heterocycles. The molecule has 0 amide bonds. The highest BCUT2D eigenvalue weighted by Crippen LogP contribution is 2.39. The van der Waals surface area contributed by atoms with Crippen molar-refractivity contribution < 1.29 is 9.47 Å². The van der Waals surface area contributed by atoms with Gasteiger partial charge in [-0.2, -0.15) is 0 Å². The van der Waals surface area contributed by atoms with Crippen LogP contribution in [0.25, 0.3) is 0 Å². The molecular weight excluding hydrogens is 382 g/mol. The van der Waals surface area contributed by atoms with Crippen LogP contribution in [0.1, 0.15) is 60.2 Å². The Kier molecular flexibility index (Phi) is 6.06. The molecule has 0 aliphatic carbocycles. The molecule has 162 valence electrons. The fourth-order valence-electron chi connectivity index (χ4n) is 4.28. The van der Waals surface area contributed by atoms with Crippen LogP contribution < -0.4 is 14.8 Å². The quantitative estimate of drug-likeness (QED) is 0.545. The molecule has 3 aromatic carbocycles. The van der Waals surface area contributed by atoms with E-state index in [1.165, 1.54) is 27.8 Å². The third-order valence-corrected chi connectivity index (χ3v) is 6.02. The summed E-state index contributed by atoms with van der Waals surface area (Å²) in [5, 5.41) is 3.74. The van der Waals surface area contributed by atoms with Crippen molar-refractivity contribution in [2.24, 2.45) is 0 Å². The number of rotatable bonds is 5. The summed E-state index contributed by atoms with van der Waals surface area (Å²) in [6.45, 7) is 10.5. The zero-order valence-corrected chi connectivity index (χ0v) is 19.3. The van der Waals surface area contributed by atoms with Gasteiger partial charge in [-0.25, -0.2) is 0 Å². The number of aryl methyl sites for hydroxylation is 1. The molecule has 1 N–H and O–H groups in total. The van der Waals surface area contributed by atoms with E-state index in [4.69, 9.17) is 9.47 Å². The molecule has 0 bridgehead atoms. The molecule has 0 radical (unpaired) electrons. The van der Waals surface area contributed by atoms with Gasteiger partial charge in [0.05, 0.1) is 13.2 Å². The Bertz CT molecular complexity index is 1050. The molecular formula is C28H33NO2. The first-order valence-electron chi connectivity index (χ1n) is 11.1. The number of benzene rings is 3. The lowest BCUT2D eigenvalue weighted by Gasteiger charge is -2.30. The van der Waals surface area contributed by atoms with E-state index in [2.05, 4.69) is 75.5 Å². The van der Waals surface area contributed by atoms with Gasteiger partial charge in [0.2, 0.25) is 0 Å². The normalized spacial score (nSPS) is 16.0. The second kappa shape index (κ2) is 8.76. The van der Waals surface area contributed by atoms with Crippen molar-refractivity contribution in [3.8, 4) is 11.5 Å². The van der Waals surface area contributed by atoms with Crippen LogP contribution in [0, 0.1) is 6.92 Å². The zero-order valence-electron chi connectivity index (χ0n) is 19.3. The van der Waals surface area contributed by atoms with Gasteiger partial charge in [0, 0.05) is 6.54 Å². The van der Waals surface area contributed by atoms with E-state index in [9.17, 15) is 0 Å². The van der Waals surface area contributed by atoms with Gasteiger partial charge in [0.25, 0.3) is 0 Å². The SMILES string of the molecule is COc1cc2c(cc1OCc1ccccc1)C(c1cc(C)cc(C(C)(C)C)c1)NCC2. The fraction of sp³-hybridized carbons (Fsp3) is 0.357. The molecule has 0 spiro atoms. The standard InChI is InChI=1S/C28H33NO2/c1-19-13-22(15-23(14-19)28(2,3)4)27-24-17-26(31-18-20-9-7-6-8-10-20)25(30-5)16-21(24)11-12-29-27/h6-10,13-17,27,29H,11-12,18H2,1-5H3. The fourth-order valence-corrected chi connectivity index (χ4v) is 4.28. The number of hydrogen-bond acceptors (Lipinski definition) is 3. The Morgan fingerprint density at radius 3 is 2.45 bits per heavy atom. The third-order valence-electron chi connectivity index (χ3n) is 6.02. The molecule has 1 aliphatic rings. The van der Waals surface area contributed by atoms with Crippen LogP contribution >= 0.6 is 0 Å². The van der Waals surface area contributed by atoms with Crippen LogP contribution in [0.4, 0.5) is 0 Å². The number of nitrogens with one attached hydrogen (secondary N) is 1. The topological polar surface area (TPSA) is 30.5 Å². The van der Waals surface area contributed by atoms with Crippen molar-refractivity contribution >= 4 is 0 Å². The average Bonchev–Trinajstić information content (AvgIpc) is 2.76. The van der Waals surface area contributed by atoms with Gasteiger partial charge in [-0.05, 0) is 58.7 Å². The summed E-state index contributed by atoms with van der Waals surface area (Å²) in [5.74, 6) is 1.59. The maximum absolute atomic E-state index is 6.21. The van der Waals surface area contributed by atoms with Gasteiger partial charge >= 0.3 is 0 Å². The van der Waals surface area contributed by atoms with Crippen molar-refractivity contribution in [1.82, 2.24) is 5.32 Å². The third kappa shape index (κ3) is 4.77. The summed E-state index contributed by atoms with van der Waals surface area (Å²) in [7, 11) is 1.71. The highest BCUT2D eigenvalue weighted by atomic mass is 16.5. The summed E-state index contributed by atoms with van der Waals surface area (Å²) in [4.78, 5) is 0. The molecule has 3 aromatic rings. The second-order valence-corrected chi connectivity index (χ2v) is 9.50. The lowest BCUT2D eigenvalue weighted by Crippen LogP contribution is -2.31. The first kappa shape index (κ1) is 21.5. The number of ether oxygens (including phenoxy) is 2. The number of fused-ring (bicyclic) bond motifs is 1. The maximum atomic E-state index is 6.21. The summed E-state index contributed by atoms with van der Waals surface area (Å²) in [6, 6.07) is 21.7. The highest BCUT2D eigenvalue weighted by molar-refractivity contribution is 5.52. The number of hydrogen-bond donors (Lipinski definition) is 1. The van der Waals surface area contributed by atoms with E-state index in [1.807, 2.05) is 18.2 Å². The van der Waals surface area contributed by atoms with Crippen LogP contribution in [0.15, 0.2) is 60.7 Å². The van der Waals surface area contributed by atoms with Crippen LogP contribution in [0.5, 0.6) is 11.5 Å². The molecule has 0 saturated carbocycles. The Balaban J connectivity index is 1.71. The van der Waals surface area contributed by atoms with Gasteiger partial charge in [-0.1, -0.05) is 74.9 Å². The minimum atomic E-state index is 0.113. The van der Waals surface area contributed by atoms with Crippen LogP contribution in [-0.2, 0) is 18.4 Å². The minimum Gasteiger partial charge on any atom is -0.493 e. The van der Waals surface area contributed by atoms with Gasteiger partial charge in [-0.3, -0.25) is 0 Å². The van der Waals surface area contributed by atoms with E-state index < -0.39 is 0 Å². The molecule has 31 heavy (non-hydrogen) atoms. The smallest absolute Gasteiger partial charge is 0.162 e. The Morgan fingerprint density at radius 2 is 1.74 bits per heavy atom. The minimum absolute atomic E-state index is 0.113. The summed E-state index contributed by atoms with van der Waals surface area (Å²) >= 11 is 0. The lowest BCUT2D eigenvalue weighted by atomic mass is 9.82. The van der Waals surface area contributed by atoms with Gasteiger partial charge in [0.1, 0.15) is 6.61 Å². The number of methoxy groups -OCH3 is 1. The summed E-state index contributed by atoms with van der Waals surface area (Å²) in [5.41, 5.74) is 7.83. The van der Waals surface area contributed by atoms with Crippen LogP contribution in [0.3, 0.4) is 0 Å². The molecule has 4 rings (SSSR count). The van der Waals surface area contributed by atoms with Crippen molar-refractivity contribution in [3.05, 3.63) is 94.0 Å². The van der Waals surface area contributed by atoms with Crippen molar-refractivity contribution in [3.63, 3.8) is 0 Å². The van der Waals surface area contributed by atoms with Crippen molar-refractivity contribution in [1.29, 1.82) is 0 Å². The Morgan fingerprint density at radius 1 is 0.968 bits per heavy atom. The van der Waals surface area contributed by atoms with E-state index in [0.717, 1.165) is 30.0 Å². The molecule has 1 unspecified atom stereocenters. The van der Waals surface area contributed by atoms with E-state index >= 15 is 0 Å². The molecule has 1 heterocycles. The first-order valence-corrected chi connectivity index (χ1v) is 11.1. The van der Waals surface area contributed by atoms with E-state index in [0.29, 0.717) is 6.61 Å². The van der Waals surface area contributed by atoms with Crippen molar-refractivity contribution in [2.45, 2.75) is 52.2 Å². The zero-order chi connectivity index (χ0) is 22.0.